The summed E-state index contributed by atoms with van der Waals surface area (Å²) in [5, 5.41) is 6.21. The van der Waals surface area contributed by atoms with E-state index >= 15 is 0 Å². The van der Waals surface area contributed by atoms with Gasteiger partial charge < -0.3 is 15.4 Å². The highest BCUT2D eigenvalue weighted by Gasteiger charge is 2.28. The van der Waals surface area contributed by atoms with Gasteiger partial charge in [-0.25, -0.2) is 0 Å². The number of carbonyl (C=O) groups excluding carboxylic acids is 1. The van der Waals surface area contributed by atoms with Crippen molar-refractivity contribution in [1.82, 2.24) is 10.6 Å². The number of carbonyl (C=O) groups is 1. The molecule has 0 spiro atoms. The maximum Gasteiger partial charge on any atom is 0.223 e. The summed E-state index contributed by atoms with van der Waals surface area (Å²) in [6.45, 7) is 4.61. The van der Waals surface area contributed by atoms with Gasteiger partial charge in [-0.2, -0.15) is 0 Å². The number of benzene rings is 1. The van der Waals surface area contributed by atoms with Gasteiger partial charge in [-0.15, -0.1) is 12.4 Å². The lowest BCUT2D eigenvalue weighted by molar-refractivity contribution is -0.126. The van der Waals surface area contributed by atoms with E-state index in [1.165, 1.54) is 5.56 Å². The number of ether oxygens (including phenoxy) is 1. The molecule has 112 valence electrons. The highest BCUT2D eigenvalue weighted by molar-refractivity contribution is 5.85. The van der Waals surface area contributed by atoms with Gasteiger partial charge in [-0.3, -0.25) is 4.79 Å². The van der Waals surface area contributed by atoms with E-state index in [1.54, 1.807) is 7.11 Å². The lowest BCUT2D eigenvalue weighted by atomic mass is 9.88. The van der Waals surface area contributed by atoms with Crippen molar-refractivity contribution in [3.8, 4) is 5.75 Å². The third kappa shape index (κ3) is 4.39. The summed E-state index contributed by atoms with van der Waals surface area (Å²) in [5.41, 5.74) is 1.18. The maximum absolute atomic E-state index is 11.9. The van der Waals surface area contributed by atoms with Gasteiger partial charge in [-0.05, 0) is 43.1 Å². The third-order valence-electron chi connectivity index (χ3n) is 3.78. The van der Waals surface area contributed by atoms with Crippen molar-refractivity contribution in [2.24, 2.45) is 11.8 Å². The van der Waals surface area contributed by atoms with E-state index in [0.29, 0.717) is 12.5 Å². The molecule has 1 amide bonds. The zero-order chi connectivity index (χ0) is 13.7. The van der Waals surface area contributed by atoms with Crippen LogP contribution in [0.1, 0.15) is 12.5 Å². The lowest BCUT2D eigenvalue weighted by Crippen LogP contribution is -2.49. The van der Waals surface area contributed by atoms with E-state index in [0.717, 1.165) is 25.3 Å². The summed E-state index contributed by atoms with van der Waals surface area (Å²) in [4.78, 5) is 11.9. The Hall–Kier alpha value is -1.26. The van der Waals surface area contributed by atoms with Crippen LogP contribution >= 0.6 is 12.4 Å². The standard InChI is InChI=1S/C15H22N2O2.ClH/c1-11(13-9-16-10-13)15(18)17-7-6-12-4-3-5-14(8-12)19-2;/h3-5,8,11,13,16H,6-7,9-10H2,1-2H3,(H,17,18);1H. The van der Waals surface area contributed by atoms with Crippen molar-refractivity contribution in [1.29, 1.82) is 0 Å². The molecule has 0 aromatic heterocycles. The fraction of sp³-hybridized carbons (Fsp3) is 0.533. The Morgan fingerprint density at radius 2 is 2.25 bits per heavy atom. The van der Waals surface area contributed by atoms with E-state index in [4.69, 9.17) is 4.74 Å². The number of amides is 1. The van der Waals surface area contributed by atoms with Gasteiger partial charge >= 0.3 is 0 Å². The lowest BCUT2D eigenvalue weighted by Gasteiger charge is -2.31. The molecule has 5 heteroatoms. The zero-order valence-electron chi connectivity index (χ0n) is 12.0. The summed E-state index contributed by atoms with van der Waals surface area (Å²) in [6.07, 6.45) is 0.832. The Morgan fingerprint density at radius 1 is 1.50 bits per heavy atom. The van der Waals surface area contributed by atoms with Crippen LogP contribution in [0.5, 0.6) is 5.75 Å². The highest BCUT2D eigenvalue weighted by Crippen LogP contribution is 2.16. The molecule has 1 heterocycles. The van der Waals surface area contributed by atoms with Crippen molar-refractivity contribution in [2.45, 2.75) is 13.3 Å². The molecule has 1 saturated heterocycles. The SMILES string of the molecule is COc1cccc(CCNC(=O)C(C)C2CNC2)c1.Cl. The predicted octanol–water partition coefficient (Wildman–Crippen LogP) is 1.63. The molecule has 0 bridgehead atoms. The van der Waals surface area contributed by atoms with Gasteiger partial charge in [-0.1, -0.05) is 19.1 Å². The van der Waals surface area contributed by atoms with E-state index < -0.39 is 0 Å². The number of halogens is 1. The van der Waals surface area contributed by atoms with Gasteiger partial charge in [0.2, 0.25) is 5.91 Å². The topological polar surface area (TPSA) is 50.4 Å². The van der Waals surface area contributed by atoms with Crippen LogP contribution in [0.2, 0.25) is 0 Å². The molecule has 1 aromatic carbocycles. The number of methoxy groups -OCH3 is 1. The van der Waals surface area contributed by atoms with E-state index in [-0.39, 0.29) is 24.2 Å². The van der Waals surface area contributed by atoms with Crippen LogP contribution < -0.4 is 15.4 Å². The first-order valence-corrected chi connectivity index (χ1v) is 6.82. The van der Waals surface area contributed by atoms with Crippen molar-refractivity contribution >= 4 is 18.3 Å². The monoisotopic (exact) mass is 298 g/mol. The molecule has 1 fully saturated rings. The molecule has 1 aliphatic heterocycles. The first kappa shape index (κ1) is 16.8. The second-order valence-corrected chi connectivity index (χ2v) is 5.10. The maximum atomic E-state index is 11.9. The van der Waals surface area contributed by atoms with Crippen LogP contribution in [0.15, 0.2) is 24.3 Å². The molecule has 2 rings (SSSR count). The summed E-state index contributed by atoms with van der Waals surface area (Å²) in [6, 6.07) is 7.95. The highest BCUT2D eigenvalue weighted by atomic mass is 35.5. The van der Waals surface area contributed by atoms with Crippen LogP contribution in [0.25, 0.3) is 0 Å². The minimum atomic E-state index is 0. The van der Waals surface area contributed by atoms with Crippen LogP contribution in [0.3, 0.4) is 0 Å². The average Bonchev–Trinajstić information content (AvgIpc) is 2.36. The Balaban J connectivity index is 0.00000200. The minimum absolute atomic E-state index is 0. The predicted molar refractivity (Wildman–Crippen MR) is 82.5 cm³/mol. The summed E-state index contributed by atoms with van der Waals surface area (Å²) in [5.74, 6) is 1.62. The number of nitrogens with one attached hydrogen (secondary N) is 2. The smallest absolute Gasteiger partial charge is 0.223 e. The summed E-state index contributed by atoms with van der Waals surface area (Å²) in [7, 11) is 1.66. The quantitative estimate of drug-likeness (QED) is 0.839. The molecule has 1 unspecified atom stereocenters. The van der Waals surface area contributed by atoms with Crippen molar-refractivity contribution in [3.05, 3.63) is 29.8 Å². The Morgan fingerprint density at radius 3 is 2.85 bits per heavy atom. The number of rotatable bonds is 6. The second-order valence-electron chi connectivity index (χ2n) is 5.10. The molecule has 4 nitrogen and oxygen atoms in total. The number of hydrogen-bond acceptors (Lipinski definition) is 3. The Kier molecular flexibility index (Phi) is 6.82. The third-order valence-corrected chi connectivity index (χ3v) is 3.78. The minimum Gasteiger partial charge on any atom is -0.497 e. The Labute approximate surface area is 126 Å². The first-order valence-electron chi connectivity index (χ1n) is 6.82. The molecule has 2 N–H and O–H groups in total. The second kappa shape index (κ2) is 8.12. The average molecular weight is 299 g/mol. The van der Waals surface area contributed by atoms with Crippen molar-refractivity contribution in [2.75, 3.05) is 26.7 Å². The molecule has 0 radical (unpaired) electrons. The normalized spacial score (nSPS) is 15.7. The fourth-order valence-corrected chi connectivity index (χ4v) is 2.20. The van der Waals surface area contributed by atoms with Crippen LogP contribution in [-0.4, -0.2) is 32.7 Å². The molecule has 1 atom stereocenters. The molecule has 0 saturated carbocycles. The van der Waals surface area contributed by atoms with E-state index in [2.05, 4.69) is 10.6 Å². The molecule has 20 heavy (non-hydrogen) atoms. The molecule has 1 aromatic rings. The van der Waals surface area contributed by atoms with E-state index in [1.807, 2.05) is 31.2 Å². The van der Waals surface area contributed by atoms with Crippen molar-refractivity contribution < 1.29 is 9.53 Å². The molecular weight excluding hydrogens is 276 g/mol. The molecule has 0 aliphatic carbocycles. The van der Waals surface area contributed by atoms with Crippen LogP contribution in [-0.2, 0) is 11.2 Å². The van der Waals surface area contributed by atoms with Gasteiger partial charge in [0.15, 0.2) is 0 Å². The first-order chi connectivity index (χ1) is 9.20. The van der Waals surface area contributed by atoms with Crippen molar-refractivity contribution in [3.63, 3.8) is 0 Å². The van der Waals surface area contributed by atoms with Gasteiger partial charge in [0, 0.05) is 12.5 Å². The largest absolute Gasteiger partial charge is 0.497 e. The van der Waals surface area contributed by atoms with Gasteiger partial charge in [0.05, 0.1) is 7.11 Å². The van der Waals surface area contributed by atoms with Gasteiger partial charge in [0.1, 0.15) is 5.75 Å². The van der Waals surface area contributed by atoms with E-state index in [9.17, 15) is 4.79 Å². The zero-order valence-corrected chi connectivity index (χ0v) is 12.8. The van der Waals surface area contributed by atoms with Crippen LogP contribution in [0.4, 0.5) is 0 Å². The van der Waals surface area contributed by atoms with Crippen LogP contribution in [0, 0.1) is 11.8 Å². The molecule has 1 aliphatic rings. The molecular formula is C15H23ClN2O2. The Bertz CT molecular complexity index is 436. The number of hydrogen-bond donors (Lipinski definition) is 2. The van der Waals surface area contributed by atoms with Gasteiger partial charge in [0.25, 0.3) is 0 Å². The summed E-state index contributed by atoms with van der Waals surface area (Å²) >= 11 is 0. The fourth-order valence-electron chi connectivity index (χ4n) is 2.20. The summed E-state index contributed by atoms with van der Waals surface area (Å²) < 4.78 is 5.18.